The quantitative estimate of drug-likeness (QED) is 0.299. The molecule has 0 fully saturated rings. The van der Waals surface area contributed by atoms with Crippen molar-refractivity contribution in [3.63, 3.8) is 0 Å². The molecule has 0 aliphatic carbocycles. The highest BCUT2D eigenvalue weighted by atomic mass is 35.5. The van der Waals surface area contributed by atoms with Gasteiger partial charge >= 0.3 is 0 Å². The fourth-order valence-electron chi connectivity index (χ4n) is 2.32. The second-order valence-corrected chi connectivity index (χ2v) is 6.78. The van der Waals surface area contributed by atoms with Crippen LogP contribution in [0.5, 0.6) is 0 Å². The van der Waals surface area contributed by atoms with Crippen LogP contribution in [-0.2, 0) is 0 Å². The summed E-state index contributed by atoms with van der Waals surface area (Å²) in [5.41, 5.74) is 3.61. The van der Waals surface area contributed by atoms with Crippen LogP contribution in [0.25, 0.3) is 22.3 Å². The number of rotatable bonds is 2. The monoisotopic (exact) mass is 400 g/mol. The minimum absolute atomic E-state index is 0.160. The van der Waals surface area contributed by atoms with Crippen LogP contribution in [0.3, 0.4) is 0 Å². The molecular formula is C18H9Cl5. The third kappa shape index (κ3) is 3.20. The SMILES string of the molecule is Clc1c(Cl)c(Cl)c(-c2ccc(-c3ccccc3)cc2)c(Cl)c1Cl. The molecule has 23 heavy (non-hydrogen) atoms. The van der Waals surface area contributed by atoms with Gasteiger partial charge in [-0.15, -0.1) is 0 Å². The first-order chi connectivity index (χ1) is 11.0. The van der Waals surface area contributed by atoms with Gasteiger partial charge in [-0.2, -0.15) is 0 Å². The number of halogens is 5. The first-order valence-electron chi connectivity index (χ1n) is 6.68. The molecule has 3 aromatic rings. The van der Waals surface area contributed by atoms with Crippen LogP contribution in [0.1, 0.15) is 0 Å². The average Bonchev–Trinajstić information content (AvgIpc) is 2.60. The van der Waals surface area contributed by atoms with Crippen molar-refractivity contribution in [1.29, 1.82) is 0 Å². The predicted molar refractivity (Wildman–Crippen MR) is 102 cm³/mol. The average molecular weight is 403 g/mol. The molecule has 0 radical (unpaired) electrons. The molecule has 0 amide bonds. The second-order valence-electron chi connectivity index (χ2n) is 4.89. The van der Waals surface area contributed by atoms with E-state index >= 15 is 0 Å². The Bertz CT molecular complexity index is 826. The summed E-state index contributed by atoms with van der Waals surface area (Å²) in [7, 11) is 0. The summed E-state index contributed by atoms with van der Waals surface area (Å²) in [6, 6.07) is 17.9. The first-order valence-corrected chi connectivity index (χ1v) is 8.57. The van der Waals surface area contributed by atoms with Gasteiger partial charge in [0.15, 0.2) is 0 Å². The van der Waals surface area contributed by atoms with Crippen molar-refractivity contribution in [2.24, 2.45) is 0 Å². The lowest BCUT2D eigenvalue weighted by molar-refractivity contribution is 1.59. The third-order valence-electron chi connectivity index (χ3n) is 3.49. The summed E-state index contributed by atoms with van der Waals surface area (Å²) in [6.45, 7) is 0. The van der Waals surface area contributed by atoms with Crippen LogP contribution in [0.4, 0.5) is 0 Å². The molecule has 5 heteroatoms. The van der Waals surface area contributed by atoms with Crippen molar-refractivity contribution in [2.45, 2.75) is 0 Å². The van der Waals surface area contributed by atoms with Gasteiger partial charge in [-0.05, 0) is 16.7 Å². The molecule has 0 unspecified atom stereocenters. The summed E-state index contributed by atoms with van der Waals surface area (Å²) >= 11 is 30.9. The van der Waals surface area contributed by atoms with Gasteiger partial charge in [0.25, 0.3) is 0 Å². The maximum atomic E-state index is 6.31. The Kier molecular flexibility index (Phi) is 5.10. The Morgan fingerprint density at radius 3 is 1.30 bits per heavy atom. The smallest absolute Gasteiger partial charge is 0.0809 e. The van der Waals surface area contributed by atoms with Crippen molar-refractivity contribution < 1.29 is 0 Å². The predicted octanol–water partition coefficient (Wildman–Crippen LogP) is 8.29. The number of benzene rings is 3. The maximum Gasteiger partial charge on any atom is 0.0809 e. The topological polar surface area (TPSA) is 0 Å². The Morgan fingerprint density at radius 1 is 0.391 bits per heavy atom. The van der Waals surface area contributed by atoms with E-state index < -0.39 is 0 Å². The summed E-state index contributed by atoms with van der Waals surface area (Å²) in [6.07, 6.45) is 0. The number of hydrogen-bond donors (Lipinski definition) is 0. The van der Waals surface area contributed by atoms with Crippen molar-refractivity contribution in [2.75, 3.05) is 0 Å². The molecule has 116 valence electrons. The molecule has 3 rings (SSSR count). The summed E-state index contributed by atoms with van der Waals surface area (Å²) in [4.78, 5) is 0. The molecule has 0 N–H and O–H groups in total. The minimum Gasteiger partial charge on any atom is -0.0819 e. The molecule has 0 saturated heterocycles. The lowest BCUT2D eigenvalue weighted by Gasteiger charge is -2.13. The fraction of sp³-hybridized carbons (Fsp3) is 0. The van der Waals surface area contributed by atoms with E-state index in [2.05, 4.69) is 0 Å². The largest absolute Gasteiger partial charge is 0.0819 e. The molecule has 0 nitrogen and oxygen atoms in total. The van der Waals surface area contributed by atoms with Gasteiger partial charge in [0.2, 0.25) is 0 Å². The standard InChI is InChI=1S/C18H9Cl5/c19-14-13(15(20)17(22)18(23)16(14)21)12-8-6-11(7-9-12)10-4-2-1-3-5-10/h1-9H. The molecule has 0 aromatic heterocycles. The van der Waals surface area contributed by atoms with Crippen LogP contribution >= 0.6 is 58.0 Å². The molecular weight excluding hydrogens is 393 g/mol. The molecule has 0 bridgehead atoms. The Balaban J connectivity index is 2.11. The van der Waals surface area contributed by atoms with Gasteiger partial charge in [-0.25, -0.2) is 0 Å². The highest BCUT2D eigenvalue weighted by Gasteiger charge is 2.20. The van der Waals surface area contributed by atoms with Gasteiger partial charge < -0.3 is 0 Å². The Morgan fingerprint density at radius 2 is 0.783 bits per heavy atom. The third-order valence-corrected chi connectivity index (χ3v) is 5.77. The molecule has 0 atom stereocenters. The zero-order valence-corrected chi connectivity index (χ0v) is 15.4. The van der Waals surface area contributed by atoms with Crippen molar-refractivity contribution in [1.82, 2.24) is 0 Å². The fourth-order valence-corrected chi connectivity index (χ4v) is 3.67. The van der Waals surface area contributed by atoms with Gasteiger partial charge in [0, 0.05) is 5.56 Å². The van der Waals surface area contributed by atoms with Crippen LogP contribution < -0.4 is 0 Å². The van der Waals surface area contributed by atoms with Gasteiger partial charge in [-0.3, -0.25) is 0 Å². The van der Waals surface area contributed by atoms with Gasteiger partial charge in [-0.1, -0.05) is 113 Å². The molecule has 0 heterocycles. The summed E-state index contributed by atoms with van der Waals surface area (Å²) < 4.78 is 0. The molecule has 3 aromatic carbocycles. The van der Waals surface area contributed by atoms with Gasteiger partial charge in [0.05, 0.1) is 25.1 Å². The Labute approximate surface area is 159 Å². The summed E-state index contributed by atoms with van der Waals surface area (Å²) in [5.74, 6) is 0. The highest BCUT2D eigenvalue weighted by molar-refractivity contribution is 6.56. The molecule has 0 aliphatic rings. The zero-order valence-electron chi connectivity index (χ0n) is 11.6. The van der Waals surface area contributed by atoms with E-state index in [9.17, 15) is 0 Å². The Hall–Kier alpha value is -0.890. The highest BCUT2D eigenvalue weighted by Crippen LogP contribution is 2.48. The van der Waals surface area contributed by atoms with E-state index in [1.165, 1.54) is 0 Å². The molecule has 0 spiro atoms. The van der Waals surface area contributed by atoms with E-state index in [1.54, 1.807) is 0 Å². The van der Waals surface area contributed by atoms with E-state index in [4.69, 9.17) is 58.0 Å². The van der Waals surface area contributed by atoms with E-state index in [0.29, 0.717) is 15.6 Å². The first kappa shape index (κ1) is 17.0. The zero-order chi connectivity index (χ0) is 16.6. The number of hydrogen-bond acceptors (Lipinski definition) is 0. The lowest BCUT2D eigenvalue weighted by atomic mass is 10.0. The summed E-state index contributed by atoms with van der Waals surface area (Å²) in [5, 5.41) is 1.14. The van der Waals surface area contributed by atoms with Crippen LogP contribution in [-0.4, -0.2) is 0 Å². The second kappa shape index (κ2) is 6.93. The van der Waals surface area contributed by atoms with Crippen molar-refractivity contribution >= 4 is 58.0 Å². The van der Waals surface area contributed by atoms with Crippen LogP contribution in [0.15, 0.2) is 54.6 Å². The van der Waals surface area contributed by atoms with E-state index in [1.807, 2.05) is 54.6 Å². The van der Waals surface area contributed by atoms with Crippen LogP contribution in [0, 0.1) is 0 Å². The normalized spacial score (nSPS) is 10.8. The van der Waals surface area contributed by atoms with E-state index in [-0.39, 0.29) is 15.1 Å². The lowest BCUT2D eigenvalue weighted by Crippen LogP contribution is -1.87. The van der Waals surface area contributed by atoms with Gasteiger partial charge in [0.1, 0.15) is 0 Å². The van der Waals surface area contributed by atoms with Crippen LogP contribution in [0.2, 0.25) is 25.1 Å². The van der Waals surface area contributed by atoms with Crippen molar-refractivity contribution in [3.8, 4) is 22.3 Å². The maximum absolute atomic E-state index is 6.31. The minimum atomic E-state index is 0.160. The van der Waals surface area contributed by atoms with Crippen molar-refractivity contribution in [3.05, 3.63) is 79.7 Å². The molecule has 0 saturated carbocycles. The van der Waals surface area contributed by atoms with E-state index in [0.717, 1.165) is 16.7 Å². The molecule has 0 aliphatic heterocycles.